The fourth-order valence-electron chi connectivity index (χ4n) is 2.98. The SMILES string of the molecule is OCC1(CN(CCc2ccccn2)Cc2ccc(F)cc2)COC1. The molecule has 0 amide bonds. The van der Waals surface area contributed by atoms with Gasteiger partial charge in [0.15, 0.2) is 0 Å². The van der Waals surface area contributed by atoms with Crippen LogP contribution in [0.5, 0.6) is 0 Å². The molecule has 0 atom stereocenters. The quantitative estimate of drug-likeness (QED) is 0.806. The summed E-state index contributed by atoms with van der Waals surface area (Å²) < 4.78 is 18.4. The highest BCUT2D eigenvalue weighted by Crippen LogP contribution is 2.28. The lowest BCUT2D eigenvalue weighted by Gasteiger charge is -2.43. The van der Waals surface area contributed by atoms with E-state index in [0.29, 0.717) is 13.2 Å². The largest absolute Gasteiger partial charge is 0.396 e. The van der Waals surface area contributed by atoms with Gasteiger partial charge in [0.1, 0.15) is 5.82 Å². The monoisotopic (exact) mass is 330 g/mol. The van der Waals surface area contributed by atoms with Crippen molar-refractivity contribution < 1.29 is 14.2 Å². The molecule has 5 heteroatoms. The summed E-state index contributed by atoms with van der Waals surface area (Å²) in [6.45, 7) is 3.61. The van der Waals surface area contributed by atoms with Crippen LogP contribution in [0.25, 0.3) is 0 Å². The first-order valence-electron chi connectivity index (χ1n) is 8.24. The fraction of sp³-hybridized carbons (Fsp3) is 0.421. The van der Waals surface area contributed by atoms with Gasteiger partial charge in [-0.05, 0) is 29.8 Å². The number of ether oxygens (including phenoxy) is 1. The minimum Gasteiger partial charge on any atom is -0.396 e. The van der Waals surface area contributed by atoms with Crippen molar-refractivity contribution in [2.24, 2.45) is 5.41 Å². The standard InChI is InChI=1S/C19H23FN2O2/c20-17-6-4-16(5-7-17)11-22(12-19(13-23)14-24-15-19)10-8-18-3-1-2-9-21-18/h1-7,9,23H,8,10-15H2. The molecule has 1 aliphatic rings. The lowest BCUT2D eigenvalue weighted by molar-refractivity contribution is -0.149. The number of nitrogens with zero attached hydrogens (tertiary/aromatic N) is 2. The predicted octanol–water partition coefficient (Wildman–Crippen LogP) is 2.27. The number of halogens is 1. The second kappa shape index (κ2) is 7.83. The Labute approximate surface area is 141 Å². The van der Waals surface area contributed by atoms with Crippen LogP contribution >= 0.6 is 0 Å². The van der Waals surface area contributed by atoms with Gasteiger partial charge in [-0.1, -0.05) is 18.2 Å². The minimum atomic E-state index is -0.224. The van der Waals surface area contributed by atoms with E-state index in [-0.39, 0.29) is 17.8 Å². The molecule has 1 fully saturated rings. The molecule has 0 saturated carbocycles. The molecule has 2 aromatic rings. The summed E-state index contributed by atoms with van der Waals surface area (Å²) in [6, 6.07) is 12.5. The molecule has 0 radical (unpaired) electrons. The Hall–Kier alpha value is -1.82. The molecule has 2 heterocycles. The molecule has 128 valence electrons. The fourth-order valence-corrected chi connectivity index (χ4v) is 2.98. The van der Waals surface area contributed by atoms with Gasteiger partial charge in [-0.2, -0.15) is 0 Å². The van der Waals surface area contributed by atoms with Crippen molar-refractivity contribution in [3.63, 3.8) is 0 Å². The Morgan fingerprint density at radius 1 is 1.17 bits per heavy atom. The number of aliphatic hydroxyl groups is 1. The molecular formula is C19H23FN2O2. The van der Waals surface area contributed by atoms with E-state index in [9.17, 15) is 9.50 Å². The van der Waals surface area contributed by atoms with Gasteiger partial charge in [-0.15, -0.1) is 0 Å². The van der Waals surface area contributed by atoms with E-state index in [1.54, 1.807) is 6.20 Å². The van der Waals surface area contributed by atoms with Gasteiger partial charge in [0.2, 0.25) is 0 Å². The highest BCUT2D eigenvalue weighted by Gasteiger charge is 2.39. The molecular weight excluding hydrogens is 307 g/mol. The van der Waals surface area contributed by atoms with Gasteiger partial charge >= 0.3 is 0 Å². The van der Waals surface area contributed by atoms with Crippen LogP contribution in [0.4, 0.5) is 4.39 Å². The second-order valence-corrected chi connectivity index (χ2v) is 6.56. The maximum atomic E-state index is 13.1. The van der Waals surface area contributed by atoms with Crippen molar-refractivity contribution >= 4 is 0 Å². The van der Waals surface area contributed by atoms with E-state index < -0.39 is 0 Å². The van der Waals surface area contributed by atoms with E-state index in [4.69, 9.17) is 4.74 Å². The number of hydrogen-bond acceptors (Lipinski definition) is 4. The van der Waals surface area contributed by atoms with Gasteiger partial charge in [-0.3, -0.25) is 9.88 Å². The van der Waals surface area contributed by atoms with Crippen molar-refractivity contribution in [3.8, 4) is 0 Å². The number of pyridine rings is 1. The van der Waals surface area contributed by atoms with Crippen LogP contribution in [-0.2, 0) is 17.7 Å². The maximum absolute atomic E-state index is 13.1. The van der Waals surface area contributed by atoms with Crippen LogP contribution in [0.1, 0.15) is 11.3 Å². The molecule has 0 unspecified atom stereocenters. The molecule has 1 aromatic carbocycles. The summed E-state index contributed by atoms with van der Waals surface area (Å²) in [5.41, 5.74) is 1.93. The lowest BCUT2D eigenvalue weighted by Crippen LogP contribution is -2.53. The number of rotatable bonds is 8. The third-order valence-corrected chi connectivity index (χ3v) is 4.44. The molecule has 1 aliphatic heterocycles. The third kappa shape index (κ3) is 4.38. The van der Waals surface area contributed by atoms with Crippen LogP contribution in [0.2, 0.25) is 0 Å². The summed E-state index contributed by atoms with van der Waals surface area (Å²) in [6.07, 6.45) is 2.64. The molecule has 1 aromatic heterocycles. The van der Waals surface area contributed by atoms with E-state index in [1.807, 2.05) is 30.3 Å². The average molecular weight is 330 g/mol. The highest BCUT2D eigenvalue weighted by atomic mass is 19.1. The van der Waals surface area contributed by atoms with Crippen molar-refractivity contribution in [2.75, 3.05) is 32.9 Å². The Bertz CT molecular complexity index is 624. The predicted molar refractivity (Wildman–Crippen MR) is 90.0 cm³/mol. The van der Waals surface area contributed by atoms with Crippen LogP contribution in [0, 0.1) is 11.2 Å². The van der Waals surface area contributed by atoms with Gasteiger partial charge in [0, 0.05) is 37.9 Å². The van der Waals surface area contributed by atoms with E-state index in [2.05, 4.69) is 9.88 Å². The van der Waals surface area contributed by atoms with Crippen LogP contribution in [0.3, 0.4) is 0 Å². The Balaban J connectivity index is 1.66. The molecule has 0 aliphatic carbocycles. The summed E-state index contributed by atoms with van der Waals surface area (Å²) in [4.78, 5) is 6.66. The Morgan fingerprint density at radius 2 is 1.96 bits per heavy atom. The molecule has 3 rings (SSSR count). The van der Waals surface area contributed by atoms with Gasteiger partial charge in [-0.25, -0.2) is 4.39 Å². The third-order valence-electron chi connectivity index (χ3n) is 4.44. The van der Waals surface area contributed by atoms with Crippen molar-refractivity contribution in [1.29, 1.82) is 0 Å². The maximum Gasteiger partial charge on any atom is 0.123 e. The smallest absolute Gasteiger partial charge is 0.123 e. The first kappa shape index (κ1) is 17.0. The van der Waals surface area contributed by atoms with Crippen LogP contribution in [0.15, 0.2) is 48.7 Å². The topological polar surface area (TPSA) is 45.6 Å². The van der Waals surface area contributed by atoms with E-state index >= 15 is 0 Å². The zero-order chi connectivity index (χ0) is 16.8. The second-order valence-electron chi connectivity index (χ2n) is 6.56. The molecule has 24 heavy (non-hydrogen) atoms. The first-order valence-corrected chi connectivity index (χ1v) is 8.24. The first-order chi connectivity index (χ1) is 11.7. The summed E-state index contributed by atoms with van der Waals surface area (Å²) in [7, 11) is 0. The zero-order valence-electron chi connectivity index (χ0n) is 13.7. The van der Waals surface area contributed by atoms with Gasteiger partial charge < -0.3 is 9.84 Å². The number of hydrogen-bond donors (Lipinski definition) is 1. The Kier molecular flexibility index (Phi) is 5.56. The van der Waals surface area contributed by atoms with Crippen molar-refractivity contribution in [1.82, 2.24) is 9.88 Å². The normalized spacial score (nSPS) is 16.1. The van der Waals surface area contributed by atoms with Crippen molar-refractivity contribution in [3.05, 3.63) is 65.7 Å². The molecule has 1 saturated heterocycles. The molecule has 0 spiro atoms. The number of aromatic nitrogens is 1. The van der Waals surface area contributed by atoms with Crippen molar-refractivity contribution in [2.45, 2.75) is 13.0 Å². The average Bonchev–Trinajstić information content (AvgIpc) is 2.58. The van der Waals surface area contributed by atoms with Gasteiger partial charge in [0.25, 0.3) is 0 Å². The molecule has 1 N–H and O–H groups in total. The van der Waals surface area contributed by atoms with Crippen LogP contribution in [-0.4, -0.2) is 47.9 Å². The summed E-state index contributed by atoms with van der Waals surface area (Å²) in [5.74, 6) is -0.224. The zero-order valence-corrected chi connectivity index (χ0v) is 13.7. The van der Waals surface area contributed by atoms with Gasteiger partial charge in [0.05, 0.1) is 25.2 Å². The minimum absolute atomic E-state index is 0.122. The molecule has 0 bridgehead atoms. The molecule has 4 nitrogen and oxygen atoms in total. The van der Waals surface area contributed by atoms with E-state index in [1.165, 1.54) is 12.1 Å². The highest BCUT2D eigenvalue weighted by molar-refractivity contribution is 5.16. The number of aliphatic hydroxyl groups excluding tert-OH is 1. The van der Waals surface area contributed by atoms with E-state index in [0.717, 1.165) is 37.3 Å². The lowest BCUT2D eigenvalue weighted by atomic mass is 9.86. The summed E-state index contributed by atoms with van der Waals surface area (Å²) in [5, 5.41) is 9.70. The number of benzene rings is 1. The summed E-state index contributed by atoms with van der Waals surface area (Å²) >= 11 is 0. The Morgan fingerprint density at radius 3 is 2.54 bits per heavy atom. The van der Waals surface area contributed by atoms with Crippen LogP contribution < -0.4 is 0 Å².